The monoisotopic (exact) mass is 309 g/mol. The number of aromatic nitrogens is 2. The van der Waals surface area contributed by atoms with Crippen LogP contribution in [0, 0.1) is 0 Å². The first-order valence-electron chi connectivity index (χ1n) is 6.38. The van der Waals surface area contributed by atoms with Gasteiger partial charge in [-0.3, -0.25) is 9.78 Å². The fourth-order valence-electron chi connectivity index (χ4n) is 1.82. The van der Waals surface area contributed by atoms with Crippen LogP contribution in [0.25, 0.3) is 0 Å². The van der Waals surface area contributed by atoms with E-state index in [2.05, 4.69) is 9.97 Å². The quantitative estimate of drug-likeness (QED) is 0.771. The second-order valence-electron chi connectivity index (χ2n) is 4.31. The van der Waals surface area contributed by atoms with E-state index < -0.39 is 0 Å². The van der Waals surface area contributed by atoms with Gasteiger partial charge in [-0.25, -0.2) is 4.98 Å². The molecule has 0 bridgehead atoms. The maximum absolute atomic E-state index is 12.3. The highest BCUT2D eigenvalue weighted by Crippen LogP contribution is 2.14. The minimum atomic E-state index is 0.0831. The molecule has 2 heterocycles. The van der Waals surface area contributed by atoms with Gasteiger partial charge in [-0.05, 0) is 24.6 Å². The Bertz CT molecular complexity index is 559. The Morgan fingerprint density at radius 2 is 2.15 bits per heavy atom. The summed E-state index contributed by atoms with van der Waals surface area (Å²) in [5, 5.41) is 2.72. The molecule has 0 spiro atoms. The van der Waals surface area contributed by atoms with Gasteiger partial charge in [0.25, 0.3) is 0 Å². The summed E-state index contributed by atoms with van der Waals surface area (Å²) in [4.78, 5) is 22.4. The van der Waals surface area contributed by atoms with Crippen molar-refractivity contribution in [1.29, 1.82) is 0 Å². The molecular formula is C14H16ClN3OS. The number of carbonyl (C=O) groups excluding carboxylic acids is 1. The Hall–Kier alpha value is -1.46. The zero-order valence-electron chi connectivity index (χ0n) is 11.3. The minimum absolute atomic E-state index is 0.0831. The summed E-state index contributed by atoms with van der Waals surface area (Å²) in [6.07, 6.45) is 3.81. The van der Waals surface area contributed by atoms with Crippen LogP contribution in [0.5, 0.6) is 0 Å². The number of thiazole rings is 1. The lowest BCUT2D eigenvalue weighted by atomic mass is 10.2. The summed E-state index contributed by atoms with van der Waals surface area (Å²) in [5.74, 6) is 0.471. The second-order valence-corrected chi connectivity index (χ2v) is 5.52. The zero-order valence-corrected chi connectivity index (χ0v) is 12.8. The Morgan fingerprint density at radius 1 is 1.40 bits per heavy atom. The largest absolute Gasteiger partial charge is 0.338 e. The summed E-state index contributed by atoms with van der Waals surface area (Å²) in [7, 11) is 0. The van der Waals surface area contributed by atoms with Crippen LogP contribution in [-0.4, -0.2) is 27.3 Å². The number of rotatable bonds is 6. The molecule has 0 unspecified atom stereocenters. The lowest BCUT2D eigenvalue weighted by molar-refractivity contribution is -0.130. The molecule has 2 rings (SSSR count). The van der Waals surface area contributed by atoms with Crippen LogP contribution in [-0.2, 0) is 23.6 Å². The van der Waals surface area contributed by atoms with Crippen molar-refractivity contribution in [2.24, 2.45) is 0 Å². The highest BCUT2D eigenvalue weighted by molar-refractivity contribution is 7.09. The lowest BCUT2D eigenvalue weighted by Gasteiger charge is -2.20. The maximum atomic E-state index is 12.3. The molecule has 0 radical (unpaired) electrons. The number of hydrogen-bond donors (Lipinski definition) is 0. The molecule has 0 aliphatic carbocycles. The van der Waals surface area contributed by atoms with Crippen molar-refractivity contribution < 1.29 is 4.79 Å². The first-order valence-corrected chi connectivity index (χ1v) is 7.80. The van der Waals surface area contributed by atoms with Crippen LogP contribution >= 0.6 is 22.9 Å². The van der Waals surface area contributed by atoms with Gasteiger partial charge >= 0.3 is 0 Å². The SMILES string of the molecule is CCN(Cc1ccncc1)C(=O)Cc1nc(CCl)cs1. The standard InChI is InChI=1S/C14H16ClN3OS/c1-2-18(9-11-3-5-16-6-4-11)14(19)7-13-17-12(8-15)10-20-13/h3-6,10H,2,7-9H2,1H3. The van der Waals surface area contributed by atoms with Crippen molar-refractivity contribution in [3.05, 3.63) is 46.2 Å². The summed E-state index contributed by atoms with van der Waals surface area (Å²) in [5.41, 5.74) is 1.91. The molecule has 0 saturated carbocycles. The molecule has 0 aromatic carbocycles. The van der Waals surface area contributed by atoms with Crippen molar-refractivity contribution in [2.45, 2.75) is 25.8 Å². The number of halogens is 1. The van der Waals surface area contributed by atoms with Crippen LogP contribution < -0.4 is 0 Å². The smallest absolute Gasteiger partial charge is 0.229 e. The Balaban J connectivity index is 1.98. The Labute approximate surface area is 127 Å². The van der Waals surface area contributed by atoms with E-state index in [-0.39, 0.29) is 5.91 Å². The summed E-state index contributed by atoms with van der Waals surface area (Å²) in [6.45, 7) is 3.26. The van der Waals surface area contributed by atoms with E-state index in [9.17, 15) is 4.79 Å². The van der Waals surface area contributed by atoms with Crippen molar-refractivity contribution in [3.8, 4) is 0 Å². The third kappa shape index (κ3) is 4.02. The van der Waals surface area contributed by atoms with Crippen LogP contribution in [0.2, 0.25) is 0 Å². The van der Waals surface area contributed by atoms with Gasteiger partial charge in [0.2, 0.25) is 5.91 Å². The van der Waals surface area contributed by atoms with Gasteiger partial charge in [0.05, 0.1) is 18.0 Å². The number of pyridine rings is 1. The Morgan fingerprint density at radius 3 is 2.75 bits per heavy atom. The maximum Gasteiger partial charge on any atom is 0.229 e. The second kappa shape index (κ2) is 7.36. The van der Waals surface area contributed by atoms with Crippen LogP contribution in [0.15, 0.2) is 29.9 Å². The molecule has 2 aromatic heterocycles. The molecule has 0 atom stereocenters. The third-order valence-electron chi connectivity index (χ3n) is 2.90. The van der Waals surface area contributed by atoms with E-state index >= 15 is 0 Å². The van der Waals surface area contributed by atoms with Crippen molar-refractivity contribution >= 4 is 28.8 Å². The van der Waals surface area contributed by atoms with Gasteiger partial charge in [-0.1, -0.05) is 0 Å². The average Bonchev–Trinajstić information content (AvgIpc) is 2.93. The number of nitrogens with zero attached hydrogens (tertiary/aromatic N) is 3. The minimum Gasteiger partial charge on any atom is -0.338 e. The van der Waals surface area contributed by atoms with E-state index in [1.165, 1.54) is 11.3 Å². The van der Waals surface area contributed by atoms with Gasteiger partial charge in [0.1, 0.15) is 5.01 Å². The molecule has 20 heavy (non-hydrogen) atoms. The highest BCUT2D eigenvalue weighted by atomic mass is 35.5. The fraction of sp³-hybridized carbons (Fsp3) is 0.357. The summed E-state index contributed by atoms with van der Waals surface area (Å²) < 4.78 is 0. The zero-order chi connectivity index (χ0) is 14.4. The van der Waals surface area contributed by atoms with E-state index in [4.69, 9.17) is 11.6 Å². The van der Waals surface area contributed by atoms with E-state index in [0.717, 1.165) is 16.3 Å². The predicted molar refractivity (Wildman–Crippen MR) is 80.7 cm³/mol. The number of hydrogen-bond acceptors (Lipinski definition) is 4. The molecule has 106 valence electrons. The topological polar surface area (TPSA) is 46.1 Å². The number of likely N-dealkylation sites (N-methyl/N-ethyl adjacent to an activating group) is 1. The molecule has 0 aliphatic heterocycles. The number of alkyl halides is 1. The van der Waals surface area contributed by atoms with Crippen molar-refractivity contribution in [2.75, 3.05) is 6.54 Å². The van der Waals surface area contributed by atoms with Gasteiger partial charge in [-0.2, -0.15) is 0 Å². The average molecular weight is 310 g/mol. The summed E-state index contributed by atoms with van der Waals surface area (Å²) in [6, 6.07) is 3.84. The Kier molecular flexibility index (Phi) is 5.49. The lowest BCUT2D eigenvalue weighted by Crippen LogP contribution is -2.31. The molecule has 0 aliphatic rings. The van der Waals surface area contributed by atoms with Gasteiger partial charge in [-0.15, -0.1) is 22.9 Å². The third-order valence-corrected chi connectivity index (χ3v) is 4.07. The summed E-state index contributed by atoms with van der Waals surface area (Å²) >= 11 is 7.20. The molecule has 6 heteroatoms. The van der Waals surface area contributed by atoms with Gasteiger partial charge < -0.3 is 4.90 Å². The van der Waals surface area contributed by atoms with Crippen LogP contribution in [0.4, 0.5) is 0 Å². The highest BCUT2D eigenvalue weighted by Gasteiger charge is 2.14. The van der Waals surface area contributed by atoms with Gasteiger partial charge in [0.15, 0.2) is 0 Å². The molecule has 4 nitrogen and oxygen atoms in total. The normalized spacial score (nSPS) is 10.5. The number of amides is 1. The van der Waals surface area contributed by atoms with Crippen LogP contribution in [0.3, 0.4) is 0 Å². The molecule has 0 fully saturated rings. The van der Waals surface area contributed by atoms with E-state index in [1.54, 1.807) is 12.4 Å². The predicted octanol–water partition coefficient (Wildman–Crippen LogP) is 2.87. The van der Waals surface area contributed by atoms with Crippen molar-refractivity contribution in [1.82, 2.24) is 14.9 Å². The molecular weight excluding hydrogens is 294 g/mol. The fourth-order valence-corrected chi connectivity index (χ4v) is 2.83. The van der Waals surface area contributed by atoms with E-state index in [0.29, 0.717) is 25.4 Å². The number of carbonyl (C=O) groups is 1. The van der Waals surface area contributed by atoms with Crippen molar-refractivity contribution in [3.63, 3.8) is 0 Å². The molecule has 0 N–H and O–H groups in total. The first kappa shape index (κ1) is 14.9. The van der Waals surface area contributed by atoms with Gasteiger partial charge in [0, 0.05) is 30.9 Å². The first-order chi connectivity index (χ1) is 9.72. The van der Waals surface area contributed by atoms with E-state index in [1.807, 2.05) is 29.3 Å². The molecule has 0 saturated heterocycles. The molecule has 1 amide bonds. The van der Waals surface area contributed by atoms with Crippen LogP contribution in [0.1, 0.15) is 23.2 Å². The molecule has 2 aromatic rings.